The van der Waals surface area contributed by atoms with E-state index in [0.29, 0.717) is 50.0 Å². The Kier molecular flexibility index (Phi) is 6.17. The van der Waals surface area contributed by atoms with Gasteiger partial charge >= 0.3 is 5.97 Å². The zero-order valence-electron chi connectivity index (χ0n) is 19.6. The number of thiazole rings is 1. The third kappa shape index (κ3) is 4.12. The van der Waals surface area contributed by atoms with Crippen molar-refractivity contribution in [3.8, 4) is 17.2 Å². The Morgan fingerprint density at radius 1 is 1.17 bits per heavy atom. The molecule has 9 heteroatoms. The van der Waals surface area contributed by atoms with Crippen LogP contribution in [-0.2, 0) is 9.53 Å². The summed E-state index contributed by atoms with van der Waals surface area (Å²) >= 11 is 1.27. The maximum absolute atomic E-state index is 13.7. The standard InChI is InChI=1S/C26H24N2O6S/c1-4-31-18-9-7-6-8-16(18)13-21-24(29)28-23(17-10-11-19-20(12-17)34-14-33-19)22(25(30)32-5-2)15(3)27-26(28)35-21/h6-13,23H,4-5,14H2,1-3H3/b21-13-/t23-/m0/s1. The van der Waals surface area contributed by atoms with Gasteiger partial charge in [0.2, 0.25) is 6.79 Å². The summed E-state index contributed by atoms with van der Waals surface area (Å²) in [4.78, 5) is 31.9. The molecule has 2 aromatic carbocycles. The fourth-order valence-electron chi connectivity index (χ4n) is 4.22. The molecule has 8 nitrogen and oxygen atoms in total. The van der Waals surface area contributed by atoms with E-state index < -0.39 is 12.0 Å². The second-order valence-corrected chi connectivity index (χ2v) is 8.89. The number of carbonyl (C=O) groups is 1. The molecule has 35 heavy (non-hydrogen) atoms. The minimum atomic E-state index is -0.718. The molecule has 1 aromatic heterocycles. The summed E-state index contributed by atoms with van der Waals surface area (Å²) in [6.45, 7) is 6.26. The van der Waals surface area contributed by atoms with Crippen LogP contribution >= 0.6 is 11.3 Å². The van der Waals surface area contributed by atoms with Crippen LogP contribution in [0.2, 0.25) is 0 Å². The van der Waals surface area contributed by atoms with Crippen LogP contribution < -0.4 is 29.1 Å². The lowest BCUT2D eigenvalue weighted by Crippen LogP contribution is -2.39. The zero-order chi connectivity index (χ0) is 24.5. The van der Waals surface area contributed by atoms with Crippen LogP contribution in [0.15, 0.2) is 63.5 Å². The van der Waals surface area contributed by atoms with Crippen LogP contribution in [0.1, 0.15) is 37.9 Å². The third-order valence-electron chi connectivity index (χ3n) is 5.73. The van der Waals surface area contributed by atoms with Crippen LogP contribution in [-0.4, -0.2) is 30.5 Å². The molecule has 0 saturated heterocycles. The van der Waals surface area contributed by atoms with Crippen molar-refractivity contribution < 1.29 is 23.7 Å². The number of esters is 1. The van der Waals surface area contributed by atoms with Crippen LogP contribution in [0, 0.1) is 0 Å². The highest BCUT2D eigenvalue weighted by Gasteiger charge is 2.34. The van der Waals surface area contributed by atoms with Gasteiger partial charge in [-0.05, 0) is 50.6 Å². The summed E-state index contributed by atoms with van der Waals surface area (Å²) in [5.41, 5.74) is 2.07. The molecule has 0 fully saturated rings. The van der Waals surface area contributed by atoms with Gasteiger partial charge in [0, 0.05) is 5.56 Å². The highest BCUT2D eigenvalue weighted by atomic mass is 32.1. The molecule has 1 atom stereocenters. The fraction of sp³-hybridized carbons (Fsp3) is 0.269. The second kappa shape index (κ2) is 9.42. The van der Waals surface area contributed by atoms with E-state index in [2.05, 4.69) is 4.99 Å². The van der Waals surface area contributed by atoms with Gasteiger partial charge in [-0.15, -0.1) is 0 Å². The lowest BCUT2D eigenvalue weighted by Gasteiger charge is -2.24. The highest BCUT2D eigenvalue weighted by Crippen LogP contribution is 2.38. The van der Waals surface area contributed by atoms with Crippen molar-refractivity contribution in [1.82, 2.24) is 4.57 Å². The SMILES string of the molecule is CCOC(=O)C1=C(C)N=c2s/c(=C\c3ccccc3OCC)c(=O)n2[C@H]1c1ccc2c(c1)OCO2. The van der Waals surface area contributed by atoms with E-state index in [1.165, 1.54) is 11.3 Å². The summed E-state index contributed by atoms with van der Waals surface area (Å²) < 4.78 is 24.1. The summed E-state index contributed by atoms with van der Waals surface area (Å²) in [6, 6.07) is 12.2. The number of hydrogen-bond acceptors (Lipinski definition) is 8. The van der Waals surface area contributed by atoms with Gasteiger partial charge in [-0.3, -0.25) is 9.36 Å². The molecule has 180 valence electrons. The average molecular weight is 493 g/mol. The maximum Gasteiger partial charge on any atom is 0.338 e. The number of allylic oxidation sites excluding steroid dienone is 1. The number of carbonyl (C=O) groups excluding carboxylic acids is 1. The Hall–Kier alpha value is -3.85. The quantitative estimate of drug-likeness (QED) is 0.492. The molecular formula is C26H24N2O6S. The minimum Gasteiger partial charge on any atom is -0.493 e. The molecule has 0 unspecified atom stereocenters. The van der Waals surface area contributed by atoms with E-state index in [1.54, 1.807) is 36.6 Å². The normalized spacial score (nSPS) is 16.7. The smallest absolute Gasteiger partial charge is 0.338 e. The Morgan fingerprint density at radius 3 is 2.77 bits per heavy atom. The summed E-state index contributed by atoms with van der Waals surface area (Å²) in [7, 11) is 0. The van der Waals surface area contributed by atoms with Gasteiger partial charge in [-0.25, -0.2) is 9.79 Å². The molecule has 3 heterocycles. The van der Waals surface area contributed by atoms with Gasteiger partial charge in [-0.2, -0.15) is 0 Å². The number of nitrogens with zero attached hydrogens (tertiary/aromatic N) is 2. The molecule has 0 spiro atoms. The highest BCUT2D eigenvalue weighted by molar-refractivity contribution is 7.07. The number of ether oxygens (including phenoxy) is 4. The molecule has 0 saturated carbocycles. The van der Waals surface area contributed by atoms with E-state index in [9.17, 15) is 9.59 Å². The van der Waals surface area contributed by atoms with Crippen molar-refractivity contribution in [2.45, 2.75) is 26.8 Å². The number of benzene rings is 2. The maximum atomic E-state index is 13.7. The van der Waals surface area contributed by atoms with Gasteiger partial charge in [0.05, 0.1) is 35.1 Å². The first-order valence-corrected chi connectivity index (χ1v) is 12.1. The van der Waals surface area contributed by atoms with Crippen LogP contribution in [0.3, 0.4) is 0 Å². The molecule has 0 bridgehead atoms. The number of aromatic nitrogens is 1. The molecular weight excluding hydrogens is 468 g/mol. The van der Waals surface area contributed by atoms with E-state index in [-0.39, 0.29) is 19.0 Å². The summed E-state index contributed by atoms with van der Waals surface area (Å²) in [5, 5.41) is 0. The Labute approximate surface area is 205 Å². The van der Waals surface area contributed by atoms with E-state index in [4.69, 9.17) is 18.9 Å². The third-order valence-corrected chi connectivity index (χ3v) is 6.72. The summed E-state index contributed by atoms with van der Waals surface area (Å²) in [6.07, 6.45) is 1.80. The number of fused-ring (bicyclic) bond motifs is 2. The lowest BCUT2D eigenvalue weighted by molar-refractivity contribution is -0.139. The minimum absolute atomic E-state index is 0.125. The number of para-hydroxylation sites is 1. The zero-order valence-corrected chi connectivity index (χ0v) is 20.4. The predicted octanol–water partition coefficient (Wildman–Crippen LogP) is 2.93. The van der Waals surface area contributed by atoms with Crippen LogP contribution in [0.25, 0.3) is 6.08 Å². The molecule has 3 aromatic rings. The fourth-order valence-corrected chi connectivity index (χ4v) is 5.26. The van der Waals surface area contributed by atoms with Crippen molar-refractivity contribution in [1.29, 1.82) is 0 Å². The van der Waals surface area contributed by atoms with Gasteiger partial charge in [0.15, 0.2) is 16.3 Å². The number of rotatable bonds is 6. The first-order chi connectivity index (χ1) is 17.0. The topological polar surface area (TPSA) is 88.4 Å². The Morgan fingerprint density at radius 2 is 1.97 bits per heavy atom. The van der Waals surface area contributed by atoms with Crippen molar-refractivity contribution in [3.05, 3.63) is 84.5 Å². The molecule has 0 radical (unpaired) electrons. The van der Waals surface area contributed by atoms with Gasteiger partial charge in [0.1, 0.15) is 5.75 Å². The van der Waals surface area contributed by atoms with Crippen LogP contribution in [0.5, 0.6) is 17.2 Å². The van der Waals surface area contributed by atoms with E-state index in [1.807, 2.05) is 37.3 Å². The molecule has 0 N–H and O–H groups in total. The lowest BCUT2D eigenvalue weighted by atomic mass is 9.95. The van der Waals surface area contributed by atoms with Crippen LogP contribution in [0.4, 0.5) is 0 Å². The predicted molar refractivity (Wildman–Crippen MR) is 131 cm³/mol. The van der Waals surface area contributed by atoms with Gasteiger partial charge in [0.25, 0.3) is 5.56 Å². The molecule has 0 amide bonds. The molecule has 2 aliphatic rings. The van der Waals surface area contributed by atoms with Gasteiger partial charge < -0.3 is 18.9 Å². The molecule has 2 aliphatic heterocycles. The van der Waals surface area contributed by atoms with Crippen molar-refractivity contribution in [2.75, 3.05) is 20.0 Å². The monoisotopic (exact) mass is 492 g/mol. The van der Waals surface area contributed by atoms with E-state index in [0.717, 1.165) is 5.56 Å². The summed E-state index contributed by atoms with van der Waals surface area (Å²) in [5.74, 6) is 1.36. The second-order valence-electron chi connectivity index (χ2n) is 7.89. The first-order valence-electron chi connectivity index (χ1n) is 11.3. The average Bonchev–Trinajstić information content (AvgIpc) is 3.43. The Bertz CT molecular complexity index is 1520. The molecule has 0 aliphatic carbocycles. The first kappa shape index (κ1) is 22.9. The number of hydrogen-bond donors (Lipinski definition) is 0. The Balaban J connectivity index is 1.72. The van der Waals surface area contributed by atoms with Crippen molar-refractivity contribution in [2.24, 2.45) is 4.99 Å². The van der Waals surface area contributed by atoms with E-state index >= 15 is 0 Å². The molecule has 5 rings (SSSR count). The van der Waals surface area contributed by atoms with Gasteiger partial charge in [-0.1, -0.05) is 35.6 Å². The largest absolute Gasteiger partial charge is 0.493 e. The van der Waals surface area contributed by atoms with Crippen molar-refractivity contribution >= 4 is 23.4 Å². The van der Waals surface area contributed by atoms with Crippen molar-refractivity contribution in [3.63, 3.8) is 0 Å².